The van der Waals surface area contributed by atoms with Crippen molar-refractivity contribution in [2.45, 2.75) is 12.3 Å². The van der Waals surface area contributed by atoms with Crippen LogP contribution in [-0.2, 0) is 5.41 Å². The summed E-state index contributed by atoms with van der Waals surface area (Å²) in [5.74, 6) is 0.697. The predicted molar refractivity (Wildman–Crippen MR) is 138 cm³/mol. The van der Waals surface area contributed by atoms with E-state index in [1.807, 2.05) is 48.5 Å². The molecule has 0 amide bonds. The minimum atomic E-state index is -0.653. The summed E-state index contributed by atoms with van der Waals surface area (Å²) in [6.07, 6.45) is 6.37. The number of rotatable bonds is 5. The van der Waals surface area contributed by atoms with Crippen molar-refractivity contribution in [2.75, 3.05) is 0 Å². The Morgan fingerprint density at radius 3 is 1.71 bits per heavy atom. The Kier molecular flexibility index (Phi) is 5.58. The maximum absolute atomic E-state index is 11.1. The molecule has 35 heavy (non-hydrogen) atoms. The summed E-state index contributed by atoms with van der Waals surface area (Å²) in [6, 6.07) is 26.8. The molecule has 0 aliphatic heterocycles. The molecule has 5 rings (SSSR count). The van der Waals surface area contributed by atoms with Gasteiger partial charge in [-0.2, -0.15) is 0 Å². The summed E-state index contributed by atoms with van der Waals surface area (Å²) < 4.78 is 0. The molecule has 0 heterocycles. The Labute approximate surface area is 204 Å². The summed E-state index contributed by atoms with van der Waals surface area (Å²) in [5.41, 5.74) is 4.94. The largest absolute Gasteiger partial charge is 0.508 e. The lowest BCUT2D eigenvalue weighted by molar-refractivity contribution is 0.423. The minimum absolute atomic E-state index is 0.0863. The van der Waals surface area contributed by atoms with Crippen LogP contribution in [0.4, 0.5) is 0 Å². The molecule has 4 heteroatoms. The lowest BCUT2D eigenvalue weighted by Gasteiger charge is -2.36. The molecule has 0 saturated carbocycles. The number of hydrogen-bond donors (Lipinski definition) is 4. The van der Waals surface area contributed by atoms with Gasteiger partial charge < -0.3 is 20.4 Å². The fourth-order valence-corrected chi connectivity index (χ4v) is 4.84. The van der Waals surface area contributed by atoms with Crippen LogP contribution >= 0.6 is 0 Å². The van der Waals surface area contributed by atoms with Crippen molar-refractivity contribution in [3.8, 4) is 34.1 Å². The molecule has 2 atom stereocenters. The van der Waals surface area contributed by atoms with Crippen molar-refractivity contribution in [3.05, 3.63) is 126 Å². The highest BCUT2D eigenvalue weighted by Crippen LogP contribution is 2.48. The Balaban J connectivity index is 1.65. The molecule has 0 saturated heterocycles. The van der Waals surface area contributed by atoms with E-state index in [9.17, 15) is 20.4 Å². The zero-order valence-electron chi connectivity index (χ0n) is 19.3. The van der Waals surface area contributed by atoms with Gasteiger partial charge in [0.05, 0.1) is 0 Å². The van der Waals surface area contributed by atoms with Crippen molar-refractivity contribution >= 4 is 5.57 Å². The van der Waals surface area contributed by atoms with Gasteiger partial charge in [0.15, 0.2) is 0 Å². The highest BCUT2D eigenvalue weighted by molar-refractivity contribution is 5.78. The van der Waals surface area contributed by atoms with E-state index in [4.69, 9.17) is 0 Å². The van der Waals surface area contributed by atoms with E-state index < -0.39 is 5.41 Å². The SMILES string of the molecule is CC(c1ccc(O)cc1)(c1cc(-c2ccc(O)cc2)ccc1O)C1C=CC(c2ccc(O)cc2)=C1. The third-order valence-corrected chi connectivity index (χ3v) is 6.93. The Morgan fingerprint density at radius 1 is 0.600 bits per heavy atom. The summed E-state index contributed by atoms with van der Waals surface area (Å²) in [4.78, 5) is 0. The van der Waals surface area contributed by atoms with Crippen LogP contribution in [0.5, 0.6) is 23.0 Å². The summed E-state index contributed by atoms with van der Waals surface area (Å²) in [5, 5.41) is 40.4. The van der Waals surface area contributed by atoms with Gasteiger partial charge in [-0.1, -0.05) is 67.6 Å². The second-order valence-corrected chi connectivity index (χ2v) is 9.08. The van der Waals surface area contributed by atoms with Crippen molar-refractivity contribution in [1.29, 1.82) is 0 Å². The first-order valence-electron chi connectivity index (χ1n) is 11.5. The van der Waals surface area contributed by atoms with Gasteiger partial charge in [0.25, 0.3) is 0 Å². The lowest BCUT2D eigenvalue weighted by Crippen LogP contribution is -2.31. The standard InChI is InChI=1S/C31H26O4/c1-31(24-9-15-28(34)16-10-24,25-8-2-22(18-25)20-3-11-26(32)12-4-20)29-19-23(7-17-30(29)35)21-5-13-27(33)14-6-21/h2-19,25,32-35H,1H3. The third-order valence-electron chi connectivity index (χ3n) is 6.93. The first-order chi connectivity index (χ1) is 16.8. The van der Waals surface area contributed by atoms with E-state index in [0.29, 0.717) is 0 Å². The van der Waals surface area contributed by atoms with E-state index in [2.05, 4.69) is 25.2 Å². The highest BCUT2D eigenvalue weighted by Gasteiger charge is 2.39. The van der Waals surface area contributed by atoms with Crippen LogP contribution in [-0.4, -0.2) is 20.4 Å². The number of hydrogen-bond acceptors (Lipinski definition) is 4. The smallest absolute Gasteiger partial charge is 0.119 e. The van der Waals surface area contributed by atoms with Crippen LogP contribution in [0.2, 0.25) is 0 Å². The summed E-state index contributed by atoms with van der Waals surface area (Å²) in [6.45, 7) is 2.10. The van der Waals surface area contributed by atoms with E-state index >= 15 is 0 Å². The number of phenols is 4. The zero-order chi connectivity index (χ0) is 24.6. The van der Waals surface area contributed by atoms with E-state index in [0.717, 1.165) is 33.4 Å². The lowest BCUT2D eigenvalue weighted by atomic mass is 9.67. The molecule has 4 N–H and O–H groups in total. The average Bonchev–Trinajstić information content (AvgIpc) is 3.36. The van der Waals surface area contributed by atoms with Crippen molar-refractivity contribution in [3.63, 3.8) is 0 Å². The van der Waals surface area contributed by atoms with Crippen molar-refractivity contribution in [2.24, 2.45) is 5.92 Å². The van der Waals surface area contributed by atoms with Gasteiger partial charge in [0.2, 0.25) is 0 Å². The van der Waals surface area contributed by atoms with Gasteiger partial charge in [-0.15, -0.1) is 0 Å². The molecular formula is C31H26O4. The summed E-state index contributed by atoms with van der Waals surface area (Å²) >= 11 is 0. The quantitative estimate of drug-likeness (QED) is 0.264. The molecule has 4 nitrogen and oxygen atoms in total. The van der Waals surface area contributed by atoms with Crippen LogP contribution in [0.25, 0.3) is 16.7 Å². The van der Waals surface area contributed by atoms with E-state index in [1.165, 1.54) is 0 Å². The van der Waals surface area contributed by atoms with Gasteiger partial charge in [-0.3, -0.25) is 0 Å². The highest BCUT2D eigenvalue weighted by atomic mass is 16.3. The Hall–Kier alpha value is -4.44. The third kappa shape index (κ3) is 4.15. The van der Waals surface area contributed by atoms with Crippen molar-refractivity contribution in [1.82, 2.24) is 0 Å². The number of allylic oxidation sites excluding steroid dienone is 4. The Morgan fingerprint density at radius 2 is 1.11 bits per heavy atom. The molecule has 0 fully saturated rings. The van der Waals surface area contributed by atoms with Crippen LogP contribution in [0.15, 0.2) is 109 Å². The van der Waals surface area contributed by atoms with Crippen molar-refractivity contribution < 1.29 is 20.4 Å². The molecule has 1 aliphatic carbocycles. The molecule has 4 aromatic carbocycles. The summed E-state index contributed by atoms with van der Waals surface area (Å²) in [7, 11) is 0. The fraction of sp³-hybridized carbons (Fsp3) is 0.0968. The second-order valence-electron chi connectivity index (χ2n) is 9.08. The molecule has 0 aromatic heterocycles. The average molecular weight is 463 g/mol. The molecule has 174 valence electrons. The van der Waals surface area contributed by atoms with Crippen LogP contribution in [0.1, 0.15) is 23.6 Å². The first kappa shape index (κ1) is 22.4. The van der Waals surface area contributed by atoms with Gasteiger partial charge >= 0.3 is 0 Å². The Bertz CT molecular complexity index is 1410. The van der Waals surface area contributed by atoms with Crippen LogP contribution in [0.3, 0.4) is 0 Å². The van der Waals surface area contributed by atoms with Crippen LogP contribution < -0.4 is 0 Å². The molecule has 2 unspecified atom stereocenters. The number of phenolic OH excluding ortho intramolecular Hbond substituents is 4. The van der Waals surface area contributed by atoms with Crippen LogP contribution in [0, 0.1) is 5.92 Å². The topological polar surface area (TPSA) is 80.9 Å². The normalized spacial score (nSPS) is 16.6. The minimum Gasteiger partial charge on any atom is -0.508 e. The fourth-order valence-electron chi connectivity index (χ4n) is 4.84. The maximum atomic E-state index is 11.1. The molecule has 4 aromatic rings. The molecule has 0 spiro atoms. The van der Waals surface area contributed by atoms with E-state index in [1.54, 1.807) is 42.5 Å². The van der Waals surface area contributed by atoms with Gasteiger partial charge in [0.1, 0.15) is 23.0 Å². The predicted octanol–water partition coefficient (Wildman–Crippen LogP) is 6.75. The van der Waals surface area contributed by atoms with Gasteiger partial charge in [0, 0.05) is 16.9 Å². The second kappa shape index (κ2) is 8.73. The monoisotopic (exact) mass is 462 g/mol. The van der Waals surface area contributed by atoms with Gasteiger partial charge in [-0.25, -0.2) is 0 Å². The molecular weight excluding hydrogens is 436 g/mol. The molecule has 1 aliphatic rings. The number of aromatic hydroxyl groups is 4. The maximum Gasteiger partial charge on any atom is 0.119 e. The molecule has 0 radical (unpaired) electrons. The molecule has 0 bridgehead atoms. The number of benzene rings is 4. The van der Waals surface area contributed by atoms with E-state index in [-0.39, 0.29) is 28.9 Å². The zero-order valence-corrected chi connectivity index (χ0v) is 19.3. The van der Waals surface area contributed by atoms with Gasteiger partial charge in [-0.05, 0) is 76.4 Å². The first-order valence-corrected chi connectivity index (χ1v) is 11.5.